The predicted molar refractivity (Wildman–Crippen MR) is 107 cm³/mol. The summed E-state index contributed by atoms with van der Waals surface area (Å²) in [7, 11) is 3.00. The zero-order chi connectivity index (χ0) is 22.3. The zero-order valence-electron chi connectivity index (χ0n) is 17.5. The summed E-state index contributed by atoms with van der Waals surface area (Å²) in [4.78, 5) is 49.5. The van der Waals surface area contributed by atoms with Gasteiger partial charge in [0.15, 0.2) is 6.61 Å². The first kappa shape index (κ1) is 23.0. The summed E-state index contributed by atoms with van der Waals surface area (Å²) >= 11 is 0. The molecule has 10 heteroatoms. The van der Waals surface area contributed by atoms with E-state index in [9.17, 15) is 19.2 Å². The number of amides is 3. The van der Waals surface area contributed by atoms with Crippen molar-refractivity contribution in [1.82, 2.24) is 10.6 Å². The van der Waals surface area contributed by atoms with Crippen LogP contribution in [0.4, 0.5) is 5.69 Å². The molecule has 164 valence electrons. The molecule has 0 radical (unpaired) electrons. The van der Waals surface area contributed by atoms with Gasteiger partial charge in [-0.15, -0.1) is 0 Å². The van der Waals surface area contributed by atoms with E-state index in [1.54, 1.807) is 32.0 Å². The Morgan fingerprint density at radius 2 is 1.90 bits per heavy atom. The second-order valence-corrected chi connectivity index (χ2v) is 7.05. The maximum atomic E-state index is 12.4. The van der Waals surface area contributed by atoms with Gasteiger partial charge in [0.05, 0.1) is 32.4 Å². The molecule has 0 saturated carbocycles. The highest BCUT2D eigenvalue weighted by Crippen LogP contribution is 2.35. The van der Waals surface area contributed by atoms with Crippen molar-refractivity contribution in [3.8, 4) is 11.5 Å². The summed E-state index contributed by atoms with van der Waals surface area (Å²) in [6, 6.07) is 4.98. The van der Waals surface area contributed by atoms with Gasteiger partial charge in [-0.3, -0.25) is 19.2 Å². The fourth-order valence-electron chi connectivity index (χ4n) is 2.96. The van der Waals surface area contributed by atoms with Gasteiger partial charge in [-0.1, -0.05) is 0 Å². The number of nitrogens with zero attached hydrogens (tertiary/aromatic N) is 1. The van der Waals surface area contributed by atoms with Gasteiger partial charge in [0.25, 0.3) is 5.91 Å². The number of rotatable bonds is 9. The Morgan fingerprint density at radius 3 is 2.53 bits per heavy atom. The van der Waals surface area contributed by atoms with Crippen molar-refractivity contribution in [2.45, 2.75) is 26.3 Å². The second kappa shape index (κ2) is 10.5. The van der Waals surface area contributed by atoms with Crippen molar-refractivity contribution in [2.75, 3.05) is 38.8 Å². The Hall–Kier alpha value is -3.30. The first-order chi connectivity index (χ1) is 14.2. The highest BCUT2D eigenvalue weighted by Gasteiger charge is 2.37. The number of nitrogens with one attached hydrogen (secondary N) is 2. The third-order valence-corrected chi connectivity index (χ3v) is 4.38. The number of carbonyl (C=O) groups excluding carboxylic acids is 4. The molecule has 1 fully saturated rings. The molecule has 2 rings (SSSR count). The number of anilines is 1. The number of hydrogen-bond acceptors (Lipinski definition) is 7. The Balaban J connectivity index is 1.88. The van der Waals surface area contributed by atoms with Crippen LogP contribution in [0, 0.1) is 5.92 Å². The quantitative estimate of drug-likeness (QED) is 0.548. The first-order valence-corrected chi connectivity index (χ1v) is 9.50. The molecular formula is C20H27N3O7. The van der Waals surface area contributed by atoms with Crippen molar-refractivity contribution in [2.24, 2.45) is 5.92 Å². The van der Waals surface area contributed by atoms with Gasteiger partial charge in [-0.2, -0.15) is 0 Å². The Bertz CT molecular complexity index is 810. The van der Waals surface area contributed by atoms with Crippen LogP contribution in [-0.2, 0) is 23.9 Å². The molecule has 10 nitrogen and oxygen atoms in total. The Kier molecular flexibility index (Phi) is 8.02. The van der Waals surface area contributed by atoms with E-state index in [1.807, 2.05) is 0 Å². The summed E-state index contributed by atoms with van der Waals surface area (Å²) < 4.78 is 15.5. The van der Waals surface area contributed by atoms with E-state index in [0.29, 0.717) is 17.2 Å². The van der Waals surface area contributed by atoms with E-state index >= 15 is 0 Å². The van der Waals surface area contributed by atoms with E-state index in [4.69, 9.17) is 14.2 Å². The summed E-state index contributed by atoms with van der Waals surface area (Å²) in [5.41, 5.74) is 0.521. The van der Waals surface area contributed by atoms with Crippen LogP contribution >= 0.6 is 0 Å². The molecule has 1 aromatic carbocycles. The van der Waals surface area contributed by atoms with Crippen molar-refractivity contribution in [3.63, 3.8) is 0 Å². The maximum Gasteiger partial charge on any atom is 0.311 e. The van der Waals surface area contributed by atoms with Crippen LogP contribution in [0.25, 0.3) is 0 Å². The number of methoxy groups -OCH3 is 2. The number of esters is 1. The van der Waals surface area contributed by atoms with E-state index in [-0.39, 0.29) is 37.4 Å². The molecule has 30 heavy (non-hydrogen) atoms. The van der Waals surface area contributed by atoms with E-state index in [2.05, 4.69) is 10.6 Å². The lowest BCUT2D eigenvalue weighted by molar-refractivity contribution is -0.152. The molecule has 0 bridgehead atoms. The van der Waals surface area contributed by atoms with Gasteiger partial charge in [0.1, 0.15) is 11.5 Å². The maximum absolute atomic E-state index is 12.4. The largest absolute Gasteiger partial charge is 0.497 e. The normalized spacial score (nSPS) is 15.7. The van der Waals surface area contributed by atoms with Gasteiger partial charge in [0, 0.05) is 25.1 Å². The zero-order valence-corrected chi connectivity index (χ0v) is 17.5. The number of benzene rings is 1. The van der Waals surface area contributed by atoms with Crippen molar-refractivity contribution in [1.29, 1.82) is 0 Å². The predicted octanol–water partition coefficient (Wildman–Crippen LogP) is 0.241. The summed E-state index contributed by atoms with van der Waals surface area (Å²) in [6.45, 7) is 2.98. The van der Waals surface area contributed by atoms with Gasteiger partial charge >= 0.3 is 5.97 Å². The molecular weight excluding hydrogens is 394 g/mol. The topological polar surface area (TPSA) is 123 Å². The lowest BCUT2D eigenvalue weighted by Crippen LogP contribution is -2.41. The molecule has 2 N–H and O–H groups in total. The van der Waals surface area contributed by atoms with Crippen LogP contribution < -0.4 is 25.0 Å². The van der Waals surface area contributed by atoms with Crippen molar-refractivity contribution < 1.29 is 33.4 Å². The summed E-state index contributed by atoms with van der Waals surface area (Å²) in [6.07, 6.45) is -0.0353. The van der Waals surface area contributed by atoms with Crippen molar-refractivity contribution in [3.05, 3.63) is 18.2 Å². The molecule has 3 amide bonds. The van der Waals surface area contributed by atoms with E-state index in [0.717, 1.165) is 0 Å². The molecule has 1 aliphatic rings. The lowest BCUT2D eigenvalue weighted by Gasteiger charge is -2.20. The standard InChI is InChI=1S/C20H27N3O7/c1-12(2)22-17(24)9-21-18(25)11-30-20(27)13-7-19(26)23(10-13)15-6-5-14(28-3)8-16(15)29-4/h5-6,8,12-13H,7,9-11H2,1-4H3,(H,21,25)(H,22,24)/t13-/m1/s1. The first-order valence-electron chi connectivity index (χ1n) is 9.50. The smallest absolute Gasteiger partial charge is 0.311 e. The Labute approximate surface area is 174 Å². The molecule has 1 heterocycles. The minimum atomic E-state index is -0.707. The van der Waals surface area contributed by atoms with Gasteiger partial charge in [0.2, 0.25) is 11.8 Å². The summed E-state index contributed by atoms with van der Waals surface area (Å²) in [5, 5.41) is 5.00. The highest BCUT2D eigenvalue weighted by molar-refractivity contribution is 6.00. The van der Waals surface area contributed by atoms with Gasteiger partial charge < -0.3 is 29.7 Å². The minimum Gasteiger partial charge on any atom is -0.497 e. The number of carbonyl (C=O) groups is 4. The van der Waals surface area contributed by atoms with Crippen LogP contribution in [-0.4, -0.2) is 63.6 Å². The molecule has 0 unspecified atom stereocenters. The molecule has 1 aromatic rings. The molecule has 0 aromatic heterocycles. The molecule has 0 spiro atoms. The highest BCUT2D eigenvalue weighted by atomic mass is 16.5. The SMILES string of the molecule is COc1ccc(N2C[C@H](C(=O)OCC(=O)NCC(=O)NC(C)C)CC2=O)c(OC)c1. The number of hydrogen-bond donors (Lipinski definition) is 2. The fourth-order valence-corrected chi connectivity index (χ4v) is 2.96. The lowest BCUT2D eigenvalue weighted by atomic mass is 10.1. The number of ether oxygens (including phenoxy) is 3. The van der Waals surface area contributed by atoms with Crippen LogP contribution in [0.2, 0.25) is 0 Å². The van der Waals surface area contributed by atoms with Gasteiger partial charge in [-0.25, -0.2) is 0 Å². The summed E-state index contributed by atoms with van der Waals surface area (Å²) in [5.74, 6) is -1.53. The third-order valence-electron chi connectivity index (χ3n) is 4.38. The molecule has 1 atom stereocenters. The monoisotopic (exact) mass is 421 g/mol. The average Bonchev–Trinajstić information content (AvgIpc) is 3.10. The van der Waals surface area contributed by atoms with Crippen LogP contribution in [0.3, 0.4) is 0 Å². The van der Waals surface area contributed by atoms with E-state index in [1.165, 1.54) is 19.1 Å². The Morgan fingerprint density at radius 1 is 1.17 bits per heavy atom. The molecule has 0 aliphatic carbocycles. The van der Waals surface area contributed by atoms with Crippen LogP contribution in [0.15, 0.2) is 18.2 Å². The van der Waals surface area contributed by atoms with Gasteiger partial charge in [-0.05, 0) is 26.0 Å². The minimum absolute atomic E-state index is 0.0353. The molecule has 1 aliphatic heterocycles. The molecule has 1 saturated heterocycles. The van der Waals surface area contributed by atoms with Crippen LogP contribution in [0.1, 0.15) is 20.3 Å². The second-order valence-electron chi connectivity index (χ2n) is 7.05. The van der Waals surface area contributed by atoms with Crippen molar-refractivity contribution >= 4 is 29.4 Å². The van der Waals surface area contributed by atoms with E-state index < -0.39 is 24.4 Å². The third kappa shape index (κ3) is 6.10. The average molecular weight is 421 g/mol. The van der Waals surface area contributed by atoms with Crippen LogP contribution in [0.5, 0.6) is 11.5 Å². The fraction of sp³-hybridized carbons (Fsp3) is 0.500.